The molecule has 0 saturated heterocycles. The van der Waals surface area contributed by atoms with E-state index in [1.165, 1.54) is 24.3 Å². The lowest BCUT2D eigenvalue weighted by Crippen LogP contribution is -2.43. The highest BCUT2D eigenvalue weighted by Crippen LogP contribution is 2.14. The summed E-state index contributed by atoms with van der Waals surface area (Å²) >= 11 is 0. The van der Waals surface area contributed by atoms with E-state index in [1.807, 2.05) is 0 Å². The van der Waals surface area contributed by atoms with Gasteiger partial charge in [-0.2, -0.15) is 0 Å². The first kappa shape index (κ1) is 17.5. The molecule has 120 valence electrons. The quantitative estimate of drug-likeness (QED) is 0.429. The van der Waals surface area contributed by atoms with Crippen LogP contribution in [0.1, 0.15) is 5.56 Å². The number of methoxy groups -OCH3 is 2. The van der Waals surface area contributed by atoms with Gasteiger partial charge in [0.15, 0.2) is 12.2 Å². The normalized spacial score (nSPS) is 13.0. The lowest BCUT2D eigenvalue weighted by Gasteiger charge is -2.19. The third kappa shape index (κ3) is 4.50. The third-order valence-corrected chi connectivity index (χ3v) is 2.74. The van der Waals surface area contributed by atoms with E-state index in [0.717, 1.165) is 14.2 Å². The number of ether oxygens (including phenoxy) is 3. The van der Waals surface area contributed by atoms with Gasteiger partial charge in [-0.15, -0.1) is 0 Å². The van der Waals surface area contributed by atoms with Crippen LogP contribution in [0.15, 0.2) is 24.3 Å². The molecule has 1 aromatic carbocycles. The summed E-state index contributed by atoms with van der Waals surface area (Å²) in [7, 11) is 2.13. The van der Waals surface area contributed by atoms with E-state index >= 15 is 0 Å². The average molecular weight is 313 g/mol. The molecule has 0 amide bonds. The summed E-state index contributed by atoms with van der Waals surface area (Å²) in [6.45, 7) is -0.161. The molecule has 0 aliphatic heterocycles. The van der Waals surface area contributed by atoms with Crippen molar-refractivity contribution in [3.63, 3.8) is 0 Å². The van der Waals surface area contributed by atoms with E-state index in [1.54, 1.807) is 0 Å². The second-order valence-corrected chi connectivity index (χ2v) is 4.15. The molecule has 9 nitrogen and oxygen atoms in total. The fraction of sp³-hybridized carbons (Fsp3) is 0.385. The number of benzene rings is 1. The summed E-state index contributed by atoms with van der Waals surface area (Å²) in [5.74, 6) is -1.99. The van der Waals surface area contributed by atoms with Gasteiger partial charge in [-0.1, -0.05) is 0 Å². The molecule has 1 rings (SSSR count). The molecule has 0 radical (unpaired) electrons. The smallest absolute Gasteiger partial charge is 0.338 e. The molecule has 0 aliphatic rings. The van der Waals surface area contributed by atoms with E-state index in [2.05, 4.69) is 9.47 Å². The first-order chi connectivity index (χ1) is 10.4. The zero-order valence-corrected chi connectivity index (χ0v) is 11.9. The minimum atomic E-state index is -1.84. The largest absolute Gasteiger partial charge is 0.467 e. The van der Waals surface area contributed by atoms with Crippen molar-refractivity contribution in [2.75, 3.05) is 14.2 Å². The van der Waals surface area contributed by atoms with Gasteiger partial charge in [0.05, 0.1) is 25.7 Å². The Morgan fingerprint density at radius 1 is 1.18 bits per heavy atom. The molecule has 0 spiro atoms. The summed E-state index contributed by atoms with van der Waals surface area (Å²) in [6.07, 6.45) is -3.40. The summed E-state index contributed by atoms with van der Waals surface area (Å²) in [5.41, 5.74) is 0.416. The number of nitrogens with zero attached hydrogens (tertiary/aromatic N) is 1. The molecule has 1 aromatic rings. The predicted molar refractivity (Wildman–Crippen MR) is 71.7 cm³/mol. The molecule has 2 atom stereocenters. The van der Waals surface area contributed by atoms with Crippen LogP contribution < -0.4 is 0 Å². The van der Waals surface area contributed by atoms with E-state index in [0.29, 0.717) is 5.56 Å². The van der Waals surface area contributed by atoms with Crippen LogP contribution in [-0.4, -0.2) is 48.4 Å². The van der Waals surface area contributed by atoms with Gasteiger partial charge in [0.2, 0.25) is 0 Å². The topological polar surface area (TPSA) is 125 Å². The van der Waals surface area contributed by atoms with E-state index in [9.17, 15) is 24.8 Å². The van der Waals surface area contributed by atoms with Crippen molar-refractivity contribution in [3.05, 3.63) is 39.9 Å². The predicted octanol–water partition coefficient (Wildman–Crippen LogP) is 0.187. The van der Waals surface area contributed by atoms with Crippen LogP contribution in [0.5, 0.6) is 0 Å². The number of esters is 2. The number of non-ortho nitro benzene ring substituents is 1. The van der Waals surface area contributed by atoms with Crippen LogP contribution in [0.25, 0.3) is 0 Å². The summed E-state index contributed by atoms with van der Waals surface area (Å²) < 4.78 is 13.9. The second-order valence-electron chi connectivity index (χ2n) is 4.15. The molecule has 0 saturated carbocycles. The zero-order valence-electron chi connectivity index (χ0n) is 11.9. The van der Waals surface area contributed by atoms with Crippen LogP contribution in [-0.2, 0) is 30.4 Å². The lowest BCUT2D eigenvalue weighted by atomic mass is 10.2. The zero-order chi connectivity index (χ0) is 16.7. The number of aliphatic hydroxyl groups excluding tert-OH is 1. The molecule has 0 fully saturated rings. The average Bonchev–Trinajstić information content (AvgIpc) is 2.53. The van der Waals surface area contributed by atoms with Crippen molar-refractivity contribution >= 4 is 17.6 Å². The van der Waals surface area contributed by atoms with Gasteiger partial charge in [-0.3, -0.25) is 10.1 Å². The van der Waals surface area contributed by atoms with Gasteiger partial charge in [-0.25, -0.2) is 9.59 Å². The second kappa shape index (κ2) is 8.05. The van der Waals surface area contributed by atoms with Crippen molar-refractivity contribution in [3.8, 4) is 0 Å². The highest BCUT2D eigenvalue weighted by Gasteiger charge is 2.34. The number of carbonyl (C=O) groups is 2. The van der Waals surface area contributed by atoms with Gasteiger partial charge >= 0.3 is 11.9 Å². The number of carbonyl (C=O) groups excluding carboxylic acids is 2. The van der Waals surface area contributed by atoms with E-state index in [-0.39, 0.29) is 12.3 Å². The maximum Gasteiger partial charge on any atom is 0.338 e. The Labute approximate surface area is 125 Å². The van der Waals surface area contributed by atoms with E-state index in [4.69, 9.17) is 4.74 Å². The van der Waals surface area contributed by atoms with Gasteiger partial charge in [0, 0.05) is 12.1 Å². The van der Waals surface area contributed by atoms with Crippen LogP contribution in [0.4, 0.5) is 5.69 Å². The van der Waals surface area contributed by atoms with E-state index < -0.39 is 29.1 Å². The number of nitro benzene ring substituents is 1. The maximum atomic E-state index is 11.5. The maximum absolute atomic E-state index is 11.5. The van der Waals surface area contributed by atoms with Crippen LogP contribution in [0.3, 0.4) is 0 Å². The Morgan fingerprint density at radius 3 is 2.18 bits per heavy atom. The molecule has 0 aliphatic carbocycles. The SMILES string of the molecule is COC(=O)[C@H](O)[C@@H](OCc1ccc([N+](=O)[O-])cc1)C(=O)OC. The number of hydrogen-bond acceptors (Lipinski definition) is 8. The molecule has 0 heterocycles. The summed E-state index contributed by atoms with van der Waals surface area (Å²) in [6, 6.07) is 5.39. The van der Waals surface area contributed by atoms with Gasteiger partial charge in [0.1, 0.15) is 0 Å². The highest BCUT2D eigenvalue weighted by atomic mass is 16.6. The Morgan fingerprint density at radius 2 is 1.73 bits per heavy atom. The Bertz CT molecular complexity index is 541. The van der Waals surface area contributed by atoms with Crippen LogP contribution in [0.2, 0.25) is 0 Å². The van der Waals surface area contributed by atoms with Crippen molar-refractivity contribution in [2.24, 2.45) is 0 Å². The minimum Gasteiger partial charge on any atom is -0.467 e. The first-order valence-corrected chi connectivity index (χ1v) is 6.09. The first-order valence-electron chi connectivity index (χ1n) is 6.09. The molecule has 0 unspecified atom stereocenters. The molecule has 22 heavy (non-hydrogen) atoms. The molecular formula is C13H15NO8. The molecule has 1 N–H and O–H groups in total. The van der Waals surface area contributed by atoms with Crippen LogP contribution in [0, 0.1) is 10.1 Å². The Kier molecular flexibility index (Phi) is 6.42. The molecule has 9 heteroatoms. The van der Waals surface area contributed by atoms with Crippen LogP contribution >= 0.6 is 0 Å². The monoisotopic (exact) mass is 313 g/mol. The molecule has 0 aromatic heterocycles. The van der Waals surface area contributed by atoms with Crippen molar-refractivity contribution in [1.82, 2.24) is 0 Å². The molecular weight excluding hydrogens is 298 g/mol. The fourth-order valence-corrected chi connectivity index (χ4v) is 1.55. The summed E-state index contributed by atoms with van der Waals surface area (Å²) in [4.78, 5) is 32.8. The Balaban J connectivity index is 2.76. The van der Waals surface area contributed by atoms with Crippen molar-refractivity contribution < 1.29 is 33.8 Å². The number of aliphatic hydroxyl groups is 1. The number of rotatable bonds is 7. The van der Waals surface area contributed by atoms with Gasteiger partial charge in [0.25, 0.3) is 5.69 Å². The number of nitro groups is 1. The third-order valence-electron chi connectivity index (χ3n) is 2.74. The van der Waals surface area contributed by atoms with Gasteiger partial charge in [-0.05, 0) is 17.7 Å². The molecule has 0 bridgehead atoms. The Hall–Kier alpha value is -2.52. The minimum absolute atomic E-state index is 0.0946. The highest BCUT2D eigenvalue weighted by molar-refractivity contribution is 5.85. The van der Waals surface area contributed by atoms with Gasteiger partial charge < -0.3 is 19.3 Å². The number of hydrogen-bond donors (Lipinski definition) is 1. The lowest BCUT2D eigenvalue weighted by molar-refractivity contribution is -0.384. The standard InChI is InChI=1S/C13H15NO8/c1-20-12(16)10(15)11(13(17)21-2)22-7-8-3-5-9(6-4-8)14(18)19/h3-6,10-11,15H,7H2,1-2H3/t10-,11-/m1/s1. The fourth-order valence-electron chi connectivity index (χ4n) is 1.55. The van der Waals surface area contributed by atoms with Crippen molar-refractivity contribution in [1.29, 1.82) is 0 Å². The summed E-state index contributed by atoms with van der Waals surface area (Å²) in [5, 5.41) is 20.2. The van der Waals surface area contributed by atoms with Crippen molar-refractivity contribution in [2.45, 2.75) is 18.8 Å².